The normalized spacial score (nSPS) is 11.3. The van der Waals surface area contributed by atoms with Gasteiger partial charge in [-0.05, 0) is 39.8 Å². The maximum absolute atomic E-state index is 12.7. The van der Waals surface area contributed by atoms with E-state index in [1.54, 1.807) is 26.1 Å². The Morgan fingerprint density at radius 3 is 2.40 bits per heavy atom. The van der Waals surface area contributed by atoms with Crippen LogP contribution < -0.4 is 5.32 Å². The monoisotopic (exact) mass is 379 g/mol. The fourth-order valence-corrected chi connectivity index (χ4v) is 3.42. The lowest BCUT2D eigenvalue weighted by Gasteiger charge is -2.23. The number of amides is 2. The zero-order chi connectivity index (χ0) is 18.8. The second-order valence-corrected chi connectivity index (χ2v) is 8.34. The molecule has 0 aliphatic heterocycles. The van der Waals surface area contributed by atoms with Gasteiger partial charge in [-0.25, -0.2) is 4.98 Å². The second kappa shape index (κ2) is 7.54. The van der Waals surface area contributed by atoms with Crippen molar-refractivity contribution in [2.45, 2.75) is 33.2 Å². The van der Waals surface area contributed by atoms with Crippen LogP contribution >= 0.6 is 22.9 Å². The van der Waals surface area contributed by atoms with Gasteiger partial charge >= 0.3 is 0 Å². The zero-order valence-corrected chi connectivity index (χ0v) is 16.6. The number of likely N-dealkylation sites (N-methyl/N-ethyl adjacent to an activating group) is 1. The summed E-state index contributed by atoms with van der Waals surface area (Å²) in [5.41, 5.74) is 1.23. The molecule has 2 aromatic rings. The predicted octanol–water partition coefficient (Wildman–Crippen LogP) is 3.76. The summed E-state index contributed by atoms with van der Waals surface area (Å²) < 4.78 is 0. The number of hydrogen-bond donors (Lipinski definition) is 1. The molecule has 1 aromatic carbocycles. The summed E-state index contributed by atoms with van der Waals surface area (Å²) >= 11 is 7.22. The Morgan fingerprint density at radius 1 is 1.24 bits per heavy atom. The van der Waals surface area contributed by atoms with Crippen molar-refractivity contribution in [1.82, 2.24) is 15.2 Å². The summed E-state index contributed by atoms with van der Waals surface area (Å²) in [7, 11) is 1.62. The average Bonchev–Trinajstić information content (AvgIpc) is 2.87. The van der Waals surface area contributed by atoms with Gasteiger partial charge in [0.05, 0.1) is 12.2 Å². The minimum absolute atomic E-state index is 0.00369. The van der Waals surface area contributed by atoms with Crippen LogP contribution in [0.1, 0.15) is 36.1 Å². The number of benzene rings is 1. The largest absolute Gasteiger partial charge is 0.350 e. The fourth-order valence-electron chi connectivity index (χ4n) is 2.23. The van der Waals surface area contributed by atoms with Crippen molar-refractivity contribution >= 4 is 34.8 Å². The highest BCUT2D eigenvalue weighted by molar-refractivity contribution is 7.17. The molecule has 1 heterocycles. The topological polar surface area (TPSA) is 62.3 Å². The van der Waals surface area contributed by atoms with Crippen molar-refractivity contribution in [1.29, 1.82) is 0 Å². The van der Waals surface area contributed by atoms with Crippen LogP contribution in [0.15, 0.2) is 24.3 Å². The highest BCUT2D eigenvalue weighted by atomic mass is 35.5. The van der Waals surface area contributed by atoms with E-state index in [1.807, 2.05) is 32.9 Å². The molecule has 0 radical (unpaired) electrons. The molecule has 0 aliphatic rings. The molecule has 2 amide bonds. The molecule has 0 spiro atoms. The van der Waals surface area contributed by atoms with E-state index in [-0.39, 0.29) is 23.9 Å². The van der Waals surface area contributed by atoms with Crippen molar-refractivity contribution in [2.24, 2.45) is 0 Å². The number of nitrogens with one attached hydrogen (secondary N) is 1. The molecule has 0 fully saturated rings. The summed E-state index contributed by atoms with van der Waals surface area (Å²) in [5.74, 6) is -0.400. The molecule has 0 aliphatic carbocycles. The molecule has 0 bridgehead atoms. The Balaban J connectivity index is 2.14. The lowest BCUT2D eigenvalue weighted by atomic mass is 10.1. The van der Waals surface area contributed by atoms with E-state index < -0.39 is 0 Å². The number of aromatic nitrogens is 1. The first-order valence-corrected chi connectivity index (χ1v) is 9.06. The lowest BCUT2D eigenvalue weighted by Crippen LogP contribution is -2.46. The number of hydrogen-bond acceptors (Lipinski definition) is 4. The van der Waals surface area contributed by atoms with E-state index in [4.69, 9.17) is 11.6 Å². The summed E-state index contributed by atoms with van der Waals surface area (Å²) in [6.45, 7) is 7.51. The summed E-state index contributed by atoms with van der Waals surface area (Å²) in [4.78, 5) is 31.1. The van der Waals surface area contributed by atoms with Gasteiger partial charge in [0.15, 0.2) is 0 Å². The Hall–Kier alpha value is -1.92. The van der Waals surface area contributed by atoms with Gasteiger partial charge in [-0.15, -0.1) is 11.3 Å². The van der Waals surface area contributed by atoms with E-state index >= 15 is 0 Å². The number of aryl methyl sites for hydroxylation is 1. The predicted molar refractivity (Wildman–Crippen MR) is 102 cm³/mol. The first kappa shape index (κ1) is 19.4. The molecular formula is C18H22ClN3O2S. The number of rotatable bonds is 4. The van der Waals surface area contributed by atoms with E-state index in [0.29, 0.717) is 15.6 Å². The number of carbonyl (C=O) groups excluding carboxylic acids is 2. The molecule has 2 rings (SSSR count). The van der Waals surface area contributed by atoms with E-state index in [2.05, 4.69) is 10.3 Å². The van der Waals surface area contributed by atoms with Gasteiger partial charge in [0.1, 0.15) is 9.88 Å². The van der Waals surface area contributed by atoms with E-state index in [9.17, 15) is 9.59 Å². The van der Waals surface area contributed by atoms with Crippen molar-refractivity contribution in [3.8, 4) is 10.6 Å². The summed E-state index contributed by atoms with van der Waals surface area (Å²) in [5, 5.41) is 4.26. The van der Waals surface area contributed by atoms with Crippen molar-refractivity contribution in [2.75, 3.05) is 13.6 Å². The third-order valence-corrected chi connectivity index (χ3v) is 4.77. The number of carbonyl (C=O) groups is 2. The maximum Gasteiger partial charge on any atom is 0.266 e. The minimum Gasteiger partial charge on any atom is -0.350 e. The number of thiazole rings is 1. The average molecular weight is 380 g/mol. The maximum atomic E-state index is 12.7. The van der Waals surface area contributed by atoms with Crippen molar-refractivity contribution < 1.29 is 9.59 Å². The first-order chi connectivity index (χ1) is 11.6. The van der Waals surface area contributed by atoms with Gasteiger partial charge in [0.2, 0.25) is 5.91 Å². The van der Waals surface area contributed by atoms with Crippen LogP contribution in [0.4, 0.5) is 0 Å². The zero-order valence-electron chi connectivity index (χ0n) is 15.0. The van der Waals surface area contributed by atoms with Gasteiger partial charge in [0.25, 0.3) is 5.91 Å². The summed E-state index contributed by atoms with van der Waals surface area (Å²) in [6, 6.07) is 7.32. The summed E-state index contributed by atoms with van der Waals surface area (Å²) in [6.07, 6.45) is 0. The van der Waals surface area contributed by atoms with Crippen molar-refractivity contribution in [3.63, 3.8) is 0 Å². The first-order valence-electron chi connectivity index (χ1n) is 7.86. The number of nitrogens with zero attached hydrogens (tertiary/aromatic N) is 2. The molecule has 1 aromatic heterocycles. The van der Waals surface area contributed by atoms with Gasteiger partial charge in [0, 0.05) is 23.2 Å². The molecule has 0 saturated heterocycles. The van der Waals surface area contributed by atoms with Gasteiger partial charge < -0.3 is 10.2 Å². The number of halogens is 1. The molecule has 134 valence electrons. The third-order valence-electron chi connectivity index (χ3n) is 3.32. The van der Waals surface area contributed by atoms with E-state index in [1.165, 1.54) is 16.2 Å². The van der Waals surface area contributed by atoms with Crippen LogP contribution in [0.5, 0.6) is 0 Å². The molecular weight excluding hydrogens is 358 g/mol. The van der Waals surface area contributed by atoms with Crippen LogP contribution in [0, 0.1) is 6.92 Å². The molecule has 25 heavy (non-hydrogen) atoms. The molecule has 0 unspecified atom stereocenters. The Kier molecular flexibility index (Phi) is 5.85. The Morgan fingerprint density at radius 2 is 1.84 bits per heavy atom. The van der Waals surface area contributed by atoms with Crippen LogP contribution in [-0.4, -0.2) is 40.8 Å². The Bertz CT molecular complexity index is 779. The van der Waals surface area contributed by atoms with Crippen molar-refractivity contribution in [3.05, 3.63) is 39.9 Å². The second-order valence-electron chi connectivity index (χ2n) is 6.90. The van der Waals surface area contributed by atoms with Gasteiger partial charge in [-0.1, -0.05) is 23.7 Å². The SMILES string of the molecule is Cc1nc(-c2ccc(Cl)cc2)sc1C(=O)N(C)CC(=O)NC(C)(C)C. The molecule has 1 N–H and O–H groups in total. The smallest absolute Gasteiger partial charge is 0.266 e. The van der Waals surface area contributed by atoms with Crippen LogP contribution in [0.25, 0.3) is 10.6 Å². The van der Waals surface area contributed by atoms with Crippen LogP contribution in [0.2, 0.25) is 5.02 Å². The van der Waals surface area contributed by atoms with Crippen LogP contribution in [-0.2, 0) is 4.79 Å². The quantitative estimate of drug-likeness (QED) is 0.879. The molecule has 0 atom stereocenters. The molecule has 5 nitrogen and oxygen atoms in total. The van der Waals surface area contributed by atoms with Gasteiger partial charge in [-0.3, -0.25) is 9.59 Å². The standard InChI is InChI=1S/C18H22ClN3O2S/c1-11-15(17(24)22(5)10-14(23)21-18(2,3)4)25-16(20-11)12-6-8-13(19)9-7-12/h6-9H,10H2,1-5H3,(H,21,23). The van der Waals surface area contributed by atoms with Gasteiger partial charge in [-0.2, -0.15) is 0 Å². The molecule has 0 saturated carbocycles. The Labute approximate surface area is 157 Å². The lowest BCUT2D eigenvalue weighted by molar-refractivity contribution is -0.122. The van der Waals surface area contributed by atoms with Crippen LogP contribution in [0.3, 0.4) is 0 Å². The third kappa shape index (κ3) is 5.28. The molecule has 7 heteroatoms. The van der Waals surface area contributed by atoms with E-state index in [0.717, 1.165) is 10.6 Å². The highest BCUT2D eigenvalue weighted by Crippen LogP contribution is 2.29. The highest BCUT2D eigenvalue weighted by Gasteiger charge is 2.22. The fraction of sp³-hybridized carbons (Fsp3) is 0.389. The minimum atomic E-state index is -0.330.